The summed E-state index contributed by atoms with van der Waals surface area (Å²) in [6.07, 6.45) is 3.46. The van der Waals surface area contributed by atoms with Gasteiger partial charge in [-0.3, -0.25) is 0 Å². The summed E-state index contributed by atoms with van der Waals surface area (Å²) in [5, 5.41) is 3.59. The SMILES string of the molecule is COCc1ccccc1CNC1CCC(N)C1. The number of nitrogens with one attached hydrogen (secondary N) is 1. The number of methoxy groups -OCH3 is 1. The van der Waals surface area contributed by atoms with Gasteiger partial charge in [0.05, 0.1) is 6.61 Å². The molecule has 3 N–H and O–H groups in total. The van der Waals surface area contributed by atoms with Crippen LogP contribution in [-0.2, 0) is 17.9 Å². The third kappa shape index (κ3) is 3.53. The summed E-state index contributed by atoms with van der Waals surface area (Å²) in [7, 11) is 1.74. The molecule has 3 nitrogen and oxygen atoms in total. The van der Waals surface area contributed by atoms with Gasteiger partial charge in [-0.15, -0.1) is 0 Å². The second kappa shape index (κ2) is 6.15. The fraction of sp³-hybridized carbons (Fsp3) is 0.571. The molecule has 1 fully saturated rings. The molecular formula is C14H22N2O. The largest absolute Gasteiger partial charge is 0.380 e. The predicted molar refractivity (Wildman–Crippen MR) is 69.6 cm³/mol. The number of nitrogens with two attached hydrogens (primary N) is 1. The first-order valence-corrected chi connectivity index (χ1v) is 6.34. The Morgan fingerprint density at radius 3 is 2.71 bits per heavy atom. The maximum atomic E-state index is 5.91. The average molecular weight is 234 g/mol. The van der Waals surface area contributed by atoms with E-state index in [0.29, 0.717) is 18.7 Å². The Kier molecular flexibility index (Phi) is 4.54. The lowest BCUT2D eigenvalue weighted by Gasteiger charge is -2.14. The lowest BCUT2D eigenvalue weighted by atomic mass is 10.1. The highest BCUT2D eigenvalue weighted by molar-refractivity contribution is 5.26. The molecule has 2 atom stereocenters. The molecule has 2 rings (SSSR count). The zero-order chi connectivity index (χ0) is 12.1. The molecule has 0 aromatic heterocycles. The van der Waals surface area contributed by atoms with Crippen molar-refractivity contribution in [2.24, 2.45) is 5.73 Å². The van der Waals surface area contributed by atoms with Crippen LogP contribution < -0.4 is 11.1 Å². The van der Waals surface area contributed by atoms with Crippen LogP contribution >= 0.6 is 0 Å². The van der Waals surface area contributed by atoms with Crippen LogP contribution in [0.5, 0.6) is 0 Å². The van der Waals surface area contributed by atoms with Crippen LogP contribution in [0, 0.1) is 0 Å². The maximum absolute atomic E-state index is 5.91. The quantitative estimate of drug-likeness (QED) is 0.816. The Balaban J connectivity index is 1.89. The molecule has 2 unspecified atom stereocenters. The minimum absolute atomic E-state index is 0.390. The van der Waals surface area contributed by atoms with Crippen molar-refractivity contribution in [3.05, 3.63) is 35.4 Å². The van der Waals surface area contributed by atoms with Crippen LogP contribution in [0.4, 0.5) is 0 Å². The van der Waals surface area contributed by atoms with Crippen molar-refractivity contribution < 1.29 is 4.74 Å². The standard InChI is InChI=1S/C14H22N2O/c1-17-10-12-5-3-2-4-11(12)9-16-14-7-6-13(15)8-14/h2-5,13-14,16H,6-10,15H2,1H3. The van der Waals surface area contributed by atoms with Gasteiger partial charge in [-0.2, -0.15) is 0 Å². The van der Waals surface area contributed by atoms with Crippen LogP contribution in [0.3, 0.4) is 0 Å². The summed E-state index contributed by atoms with van der Waals surface area (Å²) in [5.41, 5.74) is 8.51. The van der Waals surface area contributed by atoms with Crippen LogP contribution in [0.15, 0.2) is 24.3 Å². The van der Waals surface area contributed by atoms with E-state index in [0.717, 1.165) is 19.4 Å². The van der Waals surface area contributed by atoms with Gasteiger partial charge in [-0.1, -0.05) is 24.3 Å². The zero-order valence-corrected chi connectivity index (χ0v) is 10.5. The molecule has 0 bridgehead atoms. The van der Waals surface area contributed by atoms with Crippen molar-refractivity contribution in [2.45, 2.75) is 44.5 Å². The monoisotopic (exact) mass is 234 g/mol. The van der Waals surface area contributed by atoms with Gasteiger partial charge in [0.15, 0.2) is 0 Å². The summed E-state index contributed by atoms with van der Waals surface area (Å²) in [6.45, 7) is 1.60. The highest BCUT2D eigenvalue weighted by Gasteiger charge is 2.20. The van der Waals surface area contributed by atoms with Gasteiger partial charge in [-0.05, 0) is 30.4 Å². The van der Waals surface area contributed by atoms with Crippen LogP contribution in [0.1, 0.15) is 30.4 Å². The molecule has 1 aromatic rings. The number of benzene rings is 1. The highest BCUT2D eigenvalue weighted by Crippen LogP contribution is 2.18. The van der Waals surface area contributed by atoms with Gasteiger partial charge in [-0.25, -0.2) is 0 Å². The van der Waals surface area contributed by atoms with Crippen LogP contribution in [0.25, 0.3) is 0 Å². The van der Waals surface area contributed by atoms with E-state index in [4.69, 9.17) is 10.5 Å². The zero-order valence-electron chi connectivity index (χ0n) is 10.5. The van der Waals surface area contributed by atoms with Gasteiger partial charge in [0.25, 0.3) is 0 Å². The molecule has 17 heavy (non-hydrogen) atoms. The molecule has 0 heterocycles. The smallest absolute Gasteiger partial charge is 0.0716 e. The van der Waals surface area contributed by atoms with Crippen molar-refractivity contribution in [3.8, 4) is 0 Å². The maximum Gasteiger partial charge on any atom is 0.0716 e. The predicted octanol–water partition coefficient (Wildman–Crippen LogP) is 1.80. The molecule has 0 saturated heterocycles. The second-order valence-corrected chi connectivity index (χ2v) is 4.85. The first kappa shape index (κ1) is 12.6. The number of hydrogen-bond donors (Lipinski definition) is 2. The fourth-order valence-electron chi connectivity index (χ4n) is 2.48. The molecule has 0 radical (unpaired) electrons. The molecule has 0 aliphatic heterocycles. The molecule has 0 spiro atoms. The fourth-order valence-corrected chi connectivity index (χ4v) is 2.48. The Labute approximate surface area is 103 Å². The molecule has 1 saturated carbocycles. The van der Waals surface area contributed by atoms with Crippen LogP contribution in [0.2, 0.25) is 0 Å². The average Bonchev–Trinajstić information content (AvgIpc) is 2.74. The van der Waals surface area contributed by atoms with Gasteiger partial charge < -0.3 is 15.8 Å². The molecule has 3 heteroatoms. The first-order valence-electron chi connectivity index (χ1n) is 6.34. The summed E-state index contributed by atoms with van der Waals surface area (Å²) in [4.78, 5) is 0. The van der Waals surface area contributed by atoms with E-state index in [1.807, 2.05) is 0 Å². The van der Waals surface area contributed by atoms with E-state index in [2.05, 4.69) is 29.6 Å². The molecule has 94 valence electrons. The van der Waals surface area contributed by atoms with E-state index < -0.39 is 0 Å². The number of ether oxygens (including phenoxy) is 1. The lowest BCUT2D eigenvalue weighted by molar-refractivity contribution is 0.184. The third-order valence-corrected chi connectivity index (χ3v) is 3.47. The molecule has 1 aliphatic rings. The van der Waals surface area contributed by atoms with E-state index in [1.165, 1.54) is 17.5 Å². The lowest BCUT2D eigenvalue weighted by Crippen LogP contribution is -2.28. The Bertz CT molecular complexity index is 354. The highest BCUT2D eigenvalue weighted by atomic mass is 16.5. The van der Waals surface area contributed by atoms with Gasteiger partial charge in [0, 0.05) is 25.7 Å². The van der Waals surface area contributed by atoms with Gasteiger partial charge in [0.2, 0.25) is 0 Å². The van der Waals surface area contributed by atoms with Crippen molar-refractivity contribution >= 4 is 0 Å². The van der Waals surface area contributed by atoms with Crippen molar-refractivity contribution in [1.29, 1.82) is 0 Å². The van der Waals surface area contributed by atoms with Crippen molar-refractivity contribution in [2.75, 3.05) is 7.11 Å². The number of rotatable bonds is 5. The third-order valence-electron chi connectivity index (χ3n) is 3.47. The normalized spacial score (nSPS) is 24.1. The van der Waals surface area contributed by atoms with E-state index >= 15 is 0 Å². The Hall–Kier alpha value is -0.900. The van der Waals surface area contributed by atoms with Crippen LogP contribution in [-0.4, -0.2) is 19.2 Å². The molecule has 1 aliphatic carbocycles. The second-order valence-electron chi connectivity index (χ2n) is 4.85. The molecule has 0 amide bonds. The van der Waals surface area contributed by atoms with Crippen molar-refractivity contribution in [1.82, 2.24) is 5.32 Å². The summed E-state index contributed by atoms with van der Waals surface area (Å²) in [6, 6.07) is 9.40. The minimum Gasteiger partial charge on any atom is -0.380 e. The van der Waals surface area contributed by atoms with E-state index in [9.17, 15) is 0 Å². The number of hydrogen-bond acceptors (Lipinski definition) is 3. The topological polar surface area (TPSA) is 47.3 Å². The minimum atomic E-state index is 0.390. The van der Waals surface area contributed by atoms with Gasteiger partial charge >= 0.3 is 0 Å². The molecule has 1 aromatic carbocycles. The molecular weight excluding hydrogens is 212 g/mol. The Morgan fingerprint density at radius 1 is 1.29 bits per heavy atom. The van der Waals surface area contributed by atoms with Gasteiger partial charge in [0.1, 0.15) is 0 Å². The van der Waals surface area contributed by atoms with E-state index in [1.54, 1.807) is 7.11 Å². The summed E-state index contributed by atoms with van der Waals surface area (Å²) in [5.74, 6) is 0. The summed E-state index contributed by atoms with van der Waals surface area (Å²) >= 11 is 0. The first-order chi connectivity index (χ1) is 8.29. The van der Waals surface area contributed by atoms with E-state index in [-0.39, 0.29) is 0 Å². The van der Waals surface area contributed by atoms with Crippen molar-refractivity contribution in [3.63, 3.8) is 0 Å². The summed E-state index contributed by atoms with van der Waals surface area (Å²) < 4.78 is 5.21. The Morgan fingerprint density at radius 2 is 2.06 bits per heavy atom.